The van der Waals surface area contributed by atoms with Gasteiger partial charge in [0.05, 0.1) is 45.4 Å². The fourth-order valence-electron chi connectivity index (χ4n) is 4.41. The molecule has 38 heavy (non-hydrogen) atoms. The molecule has 0 saturated carbocycles. The van der Waals surface area contributed by atoms with Crippen LogP contribution in [0.15, 0.2) is 72.8 Å². The molecule has 0 atom stereocenters. The third kappa shape index (κ3) is 5.20. The van der Waals surface area contributed by atoms with E-state index in [4.69, 9.17) is 10.2 Å². The van der Waals surface area contributed by atoms with E-state index in [-0.39, 0.29) is 0 Å². The highest BCUT2D eigenvalue weighted by Gasteiger charge is 2.41. The molecule has 0 aliphatic carbocycles. The molecule has 0 bridgehead atoms. The monoisotopic (exact) mass is 514 g/mol. The van der Waals surface area contributed by atoms with E-state index in [1.54, 1.807) is 0 Å². The van der Waals surface area contributed by atoms with Gasteiger partial charge in [0, 0.05) is 10.8 Å². The van der Waals surface area contributed by atoms with Crippen molar-refractivity contribution in [2.75, 3.05) is 0 Å². The number of aliphatic hydroxyl groups is 2. The molecule has 6 heteroatoms. The molecule has 0 saturated heterocycles. The molecule has 6 nitrogen and oxygen atoms in total. The van der Waals surface area contributed by atoms with Crippen molar-refractivity contribution in [2.24, 2.45) is 0 Å². The summed E-state index contributed by atoms with van der Waals surface area (Å²) in [6, 6.07) is 24.3. The minimum Gasteiger partial charge on any atom is -0.390 e. The number of benzene rings is 2. The van der Waals surface area contributed by atoms with Gasteiger partial charge in [-0.1, -0.05) is 64.1 Å². The maximum atomic E-state index is 11.0. The first-order valence-electron chi connectivity index (χ1n) is 13.4. The zero-order valence-corrected chi connectivity index (χ0v) is 24.0. The molecule has 2 aromatic carbocycles. The van der Waals surface area contributed by atoms with Crippen LogP contribution in [-0.4, -0.2) is 41.0 Å². The lowest BCUT2D eigenvalue weighted by atomic mass is 9.74. The van der Waals surface area contributed by atoms with Crippen LogP contribution in [0.4, 0.5) is 0 Å². The van der Waals surface area contributed by atoms with Crippen molar-refractivity contribution in [1.29, 1.82) is 0 Å². The molecule has 0 aliphatic rings. The highest BCUT2D eigenvalue weighted by molar-refractivity contribution is 5.38. The lowest BCUT2D eigenvalue weighted by molar-refractivity contribution is 0.00642. The van der Waals surface area contributed by atoms with Gasteiger partial charge < -0.3 is 10.2 Å². The van der Waals surface area contributed by atoms with Crippen LogP contribution < -0.4 is 0 Å². The standard InChI is InChI=1S/C32H42N4O2/c1-29(2,31(5,6)37)27-21-23(33-35(27)25-15-11-9-12-16-25)19-20-24-22-28(30(3,4)32(7,8)38)36(34-24)26-17-13-10-14-18-26/h9-18,21-22,37-38H,19-20H2,1-8H3. The predicted octanol–water partition coefficient (Wildman–Crippen LogP) is 5.94. The van der Waals surface area contributed by atoms with E-state index in [9.17, 15) is 10.2 Å². The van der Waals surface area contributed by atoms with Gasteiger partial charge in [-0.15, -0.1) is 0 Å². The first-order valence-corrected chi connectivity index (χ1v) is 13.4. The Morgan fingerprint density at radius 2 is 0.868 bits per heavy atom. The van der Waals surface area contributed by atoms with Crippen molar-refractivity contribution >= 4 is 0 Å². The van der Waals surface area contributed by atoms with E-state index < -0.39 is 22.0 Å². The average Bonchev–Trinajstić information content (AvgIpc) is 3.48. The van der Waals surface area contributed by atoms with Gasteiger partial charge in [-0.2, -0.15) is 10.2 Å². The number of aromatic nitrogens is 4. The minimum absolute atomic E-state index is 0.535. The quantitative estimate of drug-likeness (QED) is 0.290. The Balaban J connectivity index is 1.71. The maximum Gasteiger partial charge on any atom is 0.0697 e. The fraction of sp³-hybridized carbons (Fsp3) is 0.438. The van der Waals surface area contributed by atoms with Gasteiger partial charge in [-0.05, 0) is 76.9 Å². The van der Waals surface area contributed by atoms with Crippen LogP contribution in [0.3, 0.4) is 0 Å². The third-order valence-electron chi connectivity index (χ3n) is 8.50. The number of nitrogens with zero attached hydrogens (tertiary/aromatic N) is 4. The fourth-order valence-corrected chi connectivity index (χ4v) is 4.41. The predicted molar refractivity (Wildman–Crippen MR) is 153 cm³/mol. The van der Waals surface area contributed by atoms with Crippen LogP contribution in [-0.2, 0) is 23.7 Å². The molecule has 0 radical (unpaired) electrons. The Kier molecular flexibility index (Phi) is 7.19. The second kappa shape index (κ2) is 9.83. The Morgan fingerprint density at radius 3 is 1.16 bits per heavy atom. The van der Waals surface area contributed by atoms with E-state index in [2.05, 4.69) is 39.8 Å². The summed E-state index contributed by atoms with van der Waals surface area (Å²) in [4.78, 5) is 0. The van der Waals surface area contributed by atoms with E-state index >= 15 is 0 Å². The lowest BCUT2D eigenvalue weighted by Crippen LogP contribution is -2.43. The van der Waals surface area contributed by atoms with E-state index in [1.807, 2.05) is 97.7 Å². The van der Waals surface area contributed by atoms with Crippen LogP contribution in [0, 0.1) is 0 Å². The van der Waals surface area contributed by atoms with Crippen molar-refractivity contribution < 1.29 is 10.2 Å². The van der Waals surface area contributed by atoms with Gasteiger partial charge in [-0.3, -0.25) is 0 Å². The number of rotatable bonds is 9. The third-order valence-corrected chi connectivity index (χ3v) is 8.50. The first-order chi connectivity index (χ1) is 17.6. The number of hydrogen-bond acceptors (Lipinski definition) is 4. The molecular formula is C32H42N4O2. The number of aryl methyl sites for hydroxylation is 2. The molecule has 0 fully saturated rings. The topological polar surface area (TPSA) is 76.1 Å². The van der Waals surface area contributed by atoms with Crippen LogP contribution in [0.25, 0.3) is 11.4 Å². The molecule has 2 aromatic heterocycles. The largest absolute Gasteiger partial charge is 0.390 e. The maximum absolute atomic E-state index is 11.0. The van der Waals surface area contributed by atoms with Gasteiger partial charge in [0.25, 0.3) is 0 Å². The number of hydrogen-bond donors (Lipinski definition) is 2. The molecule has 2 heterocycles. The van der Waals surface area contributed by atoms with E-state index in [0.717, 1.165) is 34.2 Å². The summed E-state index contributed by atoms with van der Waals surface area (Å²) in [5, 5.41) is 32.0. The second-order valence-electron chi connectivity index (χ2n) is 12.4. The molecular weight excluding hydrogens is 472 g/mol. The second-order valence-corrected chi connectivity index (χ2v) is 12.4. The molecule has 202 valence electrons. The summed E-state index contributed by atoms with van der Waals surface area (Å²) in [5.41, 5.74) is 2.79. The zero-order chi connectivity index (χ0) is 27.9. The van der Waals surface area contributed by atoms with Gasteiger partial charge in [-0.25, -0.2) is 9.36 Å². The summed E-state index contributed by atoms with van der Waals surface area (Å²) in [7, 11) is 0. The highest BCUT2D eigenvalue weighted by atomic mass is 16.3. The zero-order valence-electron chi connectivity index (χ0n) is 24.0. The summed E-state index contributed by atoms with van der Waals surface area (Å²) in [6.45, 7) is 15.6. The summed E-state index contributed by atoms with van der Waals surface area (Å²) >= 11 is 0. The van der Waals surface area contributed by atoms with Crippen molar-refractivity contribution in [3.63, 3.8) is 0 Å². The Hall–Kier alpha value is -3.22. The molecule has 0 spiro atoms. The van der Waals surface area contributed by atoms with Crippen LogP contribution >= 0.6 is 0 Å². The average molecular weight is 515 g/mol. The smallest absolute Gasteiger partial charge is 0.0697 e. The van der Waals surface area contributed by atoms with Crippen LogP contribution in [0.2, 0.25) is 0 Å². The van der Waals surface area contributed by atoms with Crippen molar-refractivity contribution in [3.05, 3.63) is 95.6 Å². The summed E-state index contributed by atoms with van der Waals surface area (Å²) in [6.07, 6.45) is 1.39. The molecule has 2 N–H and O–H groups in total. The van der Waals surface area contributed by atoms with Crippen molar-refractivity contribution in [3.8, 4) is 11.4 Å². The Bertz CT molecular complexity index is 1260. The SMILES string of the molecule is CC(C)(O)C(C)(C)c1cc(CCc2cc(C(C)(C)C(C)(C)O)n(-c3ccccc3)n2)nn1-c1ccccc1. The summed E-state index contributed by atoms with van der Waals surface area (Å²) < 4.78 is 3.91. The molecule has 0 aliphatic heterocycles. The molecule has 0 unspecified atom stereocenters. The van der Waals surface area contributed by atoms with Gasteiger partial charge in [0.2, 0.25) is 0 Å². The van der Waals surface area contributed by atoms with Gasteiger partial charge in [0.1, 0.15) is 0 Å². The normalized spacial score (nSPS) is 13.2. The van der Waals surface area contributed by atoms with E-state index in [0.29, 0.717) is 12.8 Å². The van der Waals surface area contributed by atoms with Gasteiger partial charge >= 0.3 is 0 Å². The van der Waals surface area contributed by atoms with Crippen LogP contribution in [0.1, 0.15) is 78.2 Å². The minimum atomic E-state index is -0.942. The molecule has 4 aromatic rings. The number of para-hydroxylation sites is 2. The summed E-state index contributed by atoms with van der Waals surface area (Å²) in [5.74, 6) is 0. The first kappa shape index (κ1) is 27.8. The van der Waals surface area contributed by atoms with Crippen molar-refractivity contribution in [1.82, 2.24) is 19.6 Å². The Labute approximate surface area is 227 Å². The van der Waals surface area contributed by atoms with Crippen LogP contribution in [0.5, 0.6) is 0 Å². The van der Waals surface area contributed by atoms with Gasteiger partial charge in [0.15, 0.2) is 0 Å². The lowest BCUT2D eigenvalue weighted by Gasteiger charge is -2.37. The Morgan fingerprint density at radius 1 is 0.553 bits per heavy atom. The molecule has 4 rings (SSSR count). The van der Waals surface area contributed by atoms with Crippen molar-refractivity contribution in [2.45, 2.75) is 90.3 Å². The van der Waals surface area contributed by atoms with E-state index in [1.165, 1.54) is 0 Å². The molecule has 0 amide bonds. The highest BCUT2D eigenvalue weighted by Crippen LogP contribution is 2.38.